The van der Waals surface area contributed by atoms with Gasteiger partial charge in [-0.3, -0.25) is 4.79 Å². The van der Waals surface area contributed by atoms with Gasteiger partial charge in [0.2, 0.25) is 5.91 Å². The molecule has 0 radical (unpaired) electrons. The molecule has 3 N–H and O–H groups in total. The van der Waals surface area contributed by atoms with E-state index in [0.717, 1.165) is 5.56 Å². The minimum atomic E-state index is -4.18. The van der Waals surface area contributed by atoms with Crippen LogP contribution in [0.4, 0.5) is 13.2 Å². The van der Waals surface area contributed by atoms with Gasteiger partial charge < -0.3 is 11.1 Å². The van der Waals surface area contributed by atoms with E-state index in [9.17, 15) is 18.0 Å². The molecule has 0 aromatic heterocycles. The number of carbonyl (C=O) groups is 1. The first-order valence-electron chi connectivity index (χ1n) is 5.47. The van der Waals surface area contributed by atoms with E-state index >= 15 is 0 Å². The quantitative estimate of drug-likeness (QED) is 0.852. The van der Waals surface area contributed by atoms with E-state index in [1.54, 1.807) is 24.3 Å². The number of carbonyl (C=O) groups excluding carboxylic acids is 1. The Morgan fingerprint density at radius 3 is 2.67 bits per heavy atom. The van der Waals surface area contributed by atoms with Crippen molar-refractivity contribution < 1.29 is 18.0 Å². The van der Waals surface area contributed by atoms with Crippen LogP contribution >= 0.6 is 0 Å². The van der Waals surface area contributed by atoms with Gasteiger partial charge in [-0.2, -0.15) is 13.2 Å². The van der Waals surface area contributed by atoms with E-state index in [2.05, 4.69) is 5.32 Å². The summed E-state index contributed by atoms with van der Waals surface area (Å²) >= 11 is 0. The highest BCUT2D eigenvalue weighted by atomic mass is 19.4. The van der Waals surface area contributed by atoms with Gasteiger partial charge in [-0.25, -0.2) is 0 Å². The average Bonchev–Trinajstić information content (AvgIpc) is 2.24. The lowest BCUT2D eigenvalue weighted by Gasteiger charge is -2.15. The van der Waals surface area contributed by atoms with Gasteiger partial charge in [0, 0.05) is 18.2 Å². The van der Waals surface area contributed by atoms with Crippen molar-refractivity contribution in [2.45, 2.75) is 32.1 Å². The monoisotopic (exact) mass is 260 g/mol. The van der Waals surface area contributed by atoms with Crippen LogP contribution in [0.5, 0.6) is 0 Å². The van der Waals surface area contributed by atoms with Gasteiger partial charge in [0.15, 0.2) is 0 Å². The van der Waals surface area contributed by atoms with Crippen LogP contribution in [-0.2, 0) is 6.54 Å². The molecule has 0 spiro atoms. The SMILES string of the molecule is CC(CC(F)(F)F)NCc1cccc(C(N)=O)c1. The van der Waals surface area contributed by atoms with Crippen molar-refractivity contribution in [2.24, 2.45) is 5.73 Å². The Morgan fingerprint density at radius 1 is 1.44 bits per heavy atom. The molecule has 6 heteroatoms. The number of hydrogen-bond donors (Lipinski definition) is 2. The minimum absolute atomic E-state index is 0.262. The molecule has 0 saturated carbocycles. The molecule has 18 heavy (non-hydrogen) atoms. The van der Waals surface area contributed by atoms with Crippen LogP contribution in [-0.4, -0.2) is 18.1 Å². The molecule has 0 aliphatic rings. The number of benzene rings is 1. The van der Waals surface area contributed by atoms with Crippen molar-refractivity contribution in [1.29, 1.82) is 0 Å². The Labute approximate surface area is 103 Å². The van der Waals surface area contributed by atoms with E-state index in [0.29, 0.717) is 5.56 Å². The number of nitrogens with two attached hydrogens (primary N) is 1. The molecule has 0 heterocycles. The third-order valence-electron chi connectivity index (χ3n) is 2.40. The Hall–Kier alpha value is -1.56. The summed E-state index contributed by atoms with van der Waals surface area (Å²) in [6.45, 7) is 1.73. The number of amides is 1. The number of nitrogens with one attached hydrogen (secondary N) is 1. The van der Waals surface area contributed by atoms with E-state index in [-0.39, 0.29) is 6.54 Å². The lowest BCUT2D eigenvalue weighted by molar-refractivity contribution is -0.139. The second kappa shape index (κ2) is 5.86. The zero-order chi connectivity index (χ0) is 13.8. The maximum atomic E-state index is 12.1. The van der Waals surface area contributed by atoms with E-state index in [4.69, 9.17) is 5.73 Å². The predicted molar refractivity (Wildman–Crippen MR) is 61.9 cm³/mol. The van der Waals surface area contributed by atoms with Gasteiger partial charge in [-0.1, -0.05) is 12.1 Å². The lowest BCUT2D eigenvalue weighted by Crippen LogP contribution is -2.30. The molecule has 1 rings (SSSR count). The van der Waals surface area contributed by atoms with Crippen LogP contribution in [0.2, 0.25) is 0 Å². The summed E-state index contributed by atoms with van der Waals surface area (Å²) in [5.41, 5.74) is 6.18. The topological polar surface area (TPSA) is 55.1 Å². The zero-order valence-electron chi connectivity index (χ0n) is 9.92. The number of hydrogen-bond acceptors (Lipinski definition) is 2. The smallest absolute Gasteiger partial charge is 0.366 e. The molecular weight excluding hydrogens is 245 g/mol. The first-order chi connectivity index (χ1) is 8.28. The first kappa shape index (κ1) is 14.5. The summed E-state index contributed by atoms with van der Waals surface area (Å²) in [6, 6.07) is 5.81. The molecule has 1 amide bonds. The largest absolute Gasteiger partial charge is 0.390 e. The number of halogens is 3. The van der Waals surface area contributed by atoms with Gasteiger partial charge in [0.1, 0.15) is 0 Å². The van der Waals surface area contributed by atoms with Crippen LogP contribution in [0, 0.1) is 0 Å². The van der Waals surface area contributed by atoms with Crippen molar-refractivity contribution in [3.63, 3.8) is 0 Å². The maximum Gasteiger partial charge on any atom is 0.390 e. The molecule has 0 aliphatic heterocycles. The highest BCUT2D eigenvalue weighted by molar-refractivity contribution is 5.92. The molecule has 1 aromatic rings. The molecule has 3 nitrogen and oxygen atoms in total. The molecule has 1 atom stereocenters. The van der Waals surface area contributed by atoms with Gasteiger partial charge in [0.05, 0.1) is 6.42 Å². The van der Waals surface area contributed by atoms with Crippen LogP contribution in [0.1, 0.15) is 29.3 Å². The highest BCUT2D eigenvalue weighted by Gasteiger charge is 2.29. The normalized spacial score (nSPS) is 13.3. The second-order valence-electron chi connectivity index (χ2n) is 4.17. The molecule has 0 fully saturated rings. The van der Waals surface area contributed by atoms with Crippen molar-refractivity contribution in [3.05, 3.63) is 35.4 Å². The Morgan fingerprint density at radius 2 is 2.11 bits per heavy atom. The summed E-state index contributed by atoms with van der Waals surface area (Å²) in [6.07, 6.45) is -5.07. The fraction of sp³-hybridized carbons (Fsp3) is 0.417. The Bertz CT molecular complexity index is 418. The van der Waals surface area contributed by atoms with Crippen molar-refractivity contribution in [1.82, 2.24) is 5.32 Å². The Kier molecular flexibility index (Phi) is 4.72. The summed E-state index contributed by atoms with van der Waals surface area (Å²) in [4.78, 5) is 10.9. The molecule has 1 aromatic carbocycles. The summed E-state index contributed by atoms with van der Waals surface area (Å²) in [5.74, 6) is -0.555. The van der Waals surface area contributed by atoms with Crippen molar-refractivity contribution >= 4 is 5.91 Å². The molecule has 0 bridgehead atoms. The van der Waals surface area contributed by atoms with Gasteiger partial charge in [0.25, 0.3) is 0 Å². The summed E-state index contributed by atoms with van der Waals surface area (Å²) in [5, 5.41) is 2.75. The minimum Gasteiger partial charge on any atom is -0.366 e. The molecule has 100 valence electrons. The second-order valence-corrected chi connectivity index (χ2v) is 4.17. The van der Waals surface area contributed by atoms with Crippen molar-refractivity contribution in [2.75, 3.05) is 0 Å². The van der Waals surface area contributed by atoms with E-state index in [1.807, 2.05) is 0 Å². The third kappa shape index (κ3) is 5.18. The van der Waals surface area contributed by atoms with Crippen LogP contribution in [0.15, 0.2) is 24.3 Å². The van der Waals surface area contributed by atoms with Gasteiger partial charge in [-0.05, 0) is 24.6 Å². The fourth-order valence-electron chi connectivity index (χ4n) is 1.55. The van der Waals surface area contributed by atoms with Gasteiger partial charge in [-0.15, -0.1) is 0 Å². The van der Waals surface area contributed by atoms with Crippen LogP contribution in [0.3, 0.4) is 0 Å². The number of alkyl halides is 3. The molecule has 0 aliphatic carbocycles. The fourth-order valence-corrected chi connectivity index (χ4v) is 1.55. The third-order valence-corrected chi connectivity index (χ3v) is 2.40. The summed E-state index contributed by atoms with van der Waals surface area (Å²) < 4.78 is 36.3. The average molecular weight is 260 g/mol. The lowest BCUT2D eigenvalue weighted by atomic mass is 10.1. The van der Waals surface area contributed by atoms with E-state index in [1.165, 1.54) is 6.92 Å². The van der Waals surface area contributed by atoms with Crippen LogP contribution in [0.25, 0.3) is 0 Å². The van der Waals surface area contributed by atoms with E-state index < -0.39 is 24.5 Å². The zero-order valence-corrected chi connectivity index (χ0v) is 9.92. The number of primary amides is 1. The molecule has 0 saturated heterocycles. The molecular formula is C12H15F3N2O. The maximum absolute atomic E-state index is 12.1. The van der Waals surface area contributed by atoms with Crippen molar-refractivity contribution in [3.8, 4) is 0 Å². The summed E-state index contributed by atoms with van der Waals surface area (Å²) in [7, 11) is 0. The first-order valence-corrected chi connectivity index (χ1v) is 5.47. The van der Waals surface area contributed by atoms with Crippen LogP contribution < -0.4 is 11.1 Å². The Balaban J connectivity index is 2.53. The number of rotatable bonds is 5. The van der Waals surface area contributed by atoms with Gasteiger partial charge >= 0.3 is 6.18 Å². The molecule has 1 unspecified atom stereocenters. The predicted octanol–water partition coefficient (Wildman–Crippen LogP) is 2.22. The standard InChI is InChI=1S/C12H15F3N2O/c1-8(6-12(13,14)15)17-7-9-3-2-4-10(5-9)11(16)18/h2-5,8,17H,6-7H2,1H3,(H2,16,18). The highest BCUT2D eigenvalue weighted by Crippen LogP contribution is 2.21.